The number of sulfonamides is 2. The molecule has 2 N–H and O–H groups in total. The number of nitrogens with zero attached hydrogens (tertiary/aromatic N) is 2. The number of anilines is 3. The van der Waals surface area contributed by atoms with Crippen molar-refractivity contribution in [3.8, 4) is 23.0 Å². The van der Waals surface area contributed by atoms with Gasteiger partial charge < -0.3 is 24.3 Å². The molecule has 1 amide bonds. The minimum absolute atomic E-state index is 0.0430. The Morgan fingerprint density at radius 3 is 2.07 bits per heavy atom. The van der Waals surface area contributed by atoms with Gasteiger partial charge in [0.15, 0.2) is 16.6 Å². The van der Waals surface area contributed by atoms with E-state index in [1.165, 1.54) is 89.2 Å². The first kappa shape index (κ1) is 31.4. The average molecular weight is 649 g/mol. The molecule has 4 rings (SSSR count). The Balaban J connectivity index is 1.65. The number of benzene rings is 3. The van der Waals surface area contributed by atoms with E-state index >= 15 is 0 Å². The maximum atomic E-state index is 14.0. The summed E-state index contributed by atoms with van der Waals surface area (Å²) in [5.74, 6) is 0.263. The van der Waals surface area contributed by atoms with Gasteiger partial charge in [0.2, 0.25) is 5.91 Å². The van der Waals surface area contributed by atoms with Crippen molar-refractivity contribution >= 4 is 53.8 Å². The lowest BCUT2D eigenvalue weighted by molar-refractivity contribution is -0.114. The summed E-state index contributed by atoms with van der Waals surface area (Å²) in [7, 11) is -2.73. The first-order chi connectivity index (χ1) is 20.5. The smallest absolute Gasteiger partial charge is 0.265 e. The Morgan fingerprint density at radius 2 is 1.47 bits per heavy atom. The van der Waals surface area contributed by atoms with E-state index in [0.29, 0.717) is 11.5 Å². The molecule has 0 aliphatic carbocycles. The molecule has 43 heavy (non-hydrogen) atoms. The van der Waals surface area contributed by atoms with Crippen LogP contribution in [0.1, 0.15) is 0 Å². The van der Waals surface area contributed by atoms with Crippen LogP contribution in [0.15, 0.2) is 82.0 Å². The van der Waals surface area contributed by atoms with Crippen molar-refractivity contribution in [1.82, 2.24) is 4.98 Å². The number of ether oxygens (including phenoxy) is 4. The van der Waals surface area contributed by atoms with Crippen LogP contribution in [0.4, 0.5) is 16.5 Å². The number of rotatable bonds is 13. The van der Waals surface area contributed by atoms with Crippen LogP contribution >= 0.6 is 11.3 Å². The van der Waals surface area contributed by atoms with Crippen molar-refractivity contribution in [3.63, 3.8) is 0 Å². The summed E-state index contributed by atoms with van der Waals surface area (Å²) in [5.41, 5.74) is 0.278. The monoisotopic (exact) mass is 648 g/mol. The Labute approximate surface area is 253 Å². The SMILES string of the molecule is COc1ccc(OC)c(N(CC(=O)Nc2ccc(S(=O)(=O)Nc3nccs3)cc2)S(=O)(=O)c2ccc(OC)c(OC)c2)c1. The zero-order chi connectivity index (χ0) is 31.2. The second-order valence-corrected chi connectivity index (χ2v) is 13.0. The van der Waals surface area contributed by atoms with E-state index in [1.807, 2.05) is 0 Å². The van der Waals surface area contributed by atoms with Gasteiger partial charge in [-0.25, -0.2) is 21.8 Å². The lowest BCUT2D eigenvalue weighted by Gasteiger charge is -2.26. The molecule has 1 aromatic heterocycles. The van der Waals surface area contributed by atoms with Crippen molar-refractivity contribution in [2.24, 2.45) is 0 Å². The van der Waals surface area contributed by atoms with Gasteiger partial charge in [-0.05, 0) is 48.5 Å². The third-order valence-corrected chi connectivity index (χ3v) is 9.92. The second kappa shape index (κ2) is 13.2. The largest absolute Gasteiger partial charge is 0.497 e. The highest BCUT2D eigenvalue weighted by atomic mass is 32.2. The quantitative estimate of drug-likeness (QED) is 0.218. The maximum Gasteiger partial charge on any atom is 0.265 e. The number of carbonyl (C=O) groups excluding carboxylic acids is 1. The van der Waals surface area contributed by atoms with E-state index in [0.717, 1.165) is 15.6 Å². The molecule has 0 aliphatic rings. The van der Waals surface area contributed by atoms with Crippen LogP contribution < -0.4 is 33.3 Å². The van der Waals surface area contributed by atoms with E-state index in [9.17, 15) is 21.6 Å². The zero-order valence-corrected chi connectivity index (χ0v) is 25.9. The summed E-state index contributed by atoms with van der Waals surface area (Å²) >= 11 is 1.13. The van der Waals surface area contributed by atoms with Crippen molar-refractivity contribution in [1.29, 1.82) is 0 Å². The number of amides is 1. The second-order valence-electron chi connectivity index (χ2n) is 8.58. The molecule has 0 radical (unpaired) electrons. The lowest BCUT2D eigenvalue weighted by atomic mass is 10.2. The standard InChI is InChI=1S/C27H28N4O9S3/c1-37-19-7-11-23(38-2)22(15-19)31(43(35,36)21-10-12-24(39-3)25(16-21)40-4)17-26(32)29-18-5-8-20(9-6-18)42(33,34)30-27-28-13-14-41-27/h5-16H,17H2,1-4H3,(H,28,30)(H,29,32). The highest BCUT2D eigenvalue weighted by Gasteiger charge is 2.31. The van der Waals surface area contributed by atoms with Crippen LogP contribution in [-0.2, 0) is 24.8 Å². The van der Waals surface area contributed by atoms with Crippen LogP contribution in [0.25, 0.3) is 0 Å². The van der Waals surface area contributed by atoms with Gasteiger partial charge in [-0.1, -0.05) is 0 Å². The van der Waals surface area contributed by atoms with E-state index in [2.05, 4.69) is 15.0 Å². The Kier molecular flexibility index (Phi) is 9.63. The molecule has 16 heteroatoms. The summed E-state index contributed by atoms with van der Waals surface area (Å²) in [5, 5.41) is 4.45. The van der Waals surface area contributed by atoms with Gasteiger partial charge in [0, 0.05) is 29.4 Å². The maximum absolute atomic E-state index is 14.0. The molecular weight excluding hydrogens is 621 g/mol. The van der Waals surface area contributed by atoms with Crippen LogP contribution in [0, 0.1) is 0 Å². The molecule has 1 heterocycles. The van der Waals surface area contributed by atoms with E-state index < -0.39 is 32.5 Å². The molecule has 0 spiro atoms. The van der Waals surface area contributed by atoms with Gasteiger partial charge >= 0.3 is 0 Å². The average Bonchev–Trinajstić information content (AvgIpc) is 3.51. The predicted octanol–water partition coefficient (Wildman–Crippen LogP) is 3.81. The van der Waals surface area contributed by atoms with Crippen LogP contribution in [-0.4, -0.2) is 62.7 Å². The molecule has 3 aromatic carbocycles. The van der Waals surface area contributed by atoms with Crippen LogP contribution in [0.3, 0.4) is 0 Å². The molecule has 228 valence electrons. The number of hydrogen-bond acceptors (Lipinski definition) is 11. The van der Waals surface area contributed by atoms with Crippen LogP contribution in [0.2, 0.25) is 0 Å². The normalized spacial score (nSPS) is 11.3. The fourth-order valence-corrected chi connectivity index (χ4v) is 7.12. The van der Waals surface area contributed by atoms with Gasteiger partial charge in [-0.3, -0.25) is 13.8 Å². The Morgan fingerprint density at radius 1 is 0.814 bits per heavy atom. The van der Waals surface area contributed by atoms with Gasteiger partial charge in [-0.15, -0.1) is 11.3 Å². The van der Waals surface area contributed by atoms with E-state index in [-0.39, 0.29) is 37.8 Å². The van der Waals surface area contributed by atoms with Crippen LogP contribution in [0.5, 0.6) is 23.0 Å². The zero-order valence-electron chi connectivity index (χ0n) is 23.4. The van der Waals surface area contributed by atoms with Crippen molar-refractivity contribution in [3.05, 3.63) is 72.2 Å². The Bertz CT molecular complexity index is 1800. The van der Waals surface area contributed by atoms with Gasteiger partial charge in [-0.2, -0.15) is 0 Å². The molecule has 0 unspecified atom stereocenters. The van der Waals surface area contributed by atoms with Crippen molar-refractivity contribution in [2.75, 3.05) is 49.3 Å². The number of methoxy groups -OCH3 is 4. The third-order valence-electron chi connectivity index (χ3n) is 5.99. The first-order valence-corrected chi connectivity index (χ1v) is 16.1. The molecular formula is C27H28N4O9S3. The van der Waals surface area contributed by atoms with Crippen molar-refractivity contribution in [2.45, 2.75) is 9.79 Å². The number of aromatic nitrogens is 1. The lowest BCUT2D eigenvalue weighted by Crippen LogP contribution is -2.38. The topological polar surface area (TPSA) is 162 Å². The Hall–Kier alpha value is -4.54. The molecule has 0 aliphatic heterocycles. The van der Waals surface area contributed by atoms with E-state index in [4.69, 9.17) is 18.9 Å². The summed E-state index contributed by atoms with van der Waals surface area (Å²) < 4.78 is 77.8. The molecule has 0 fully saturated rings. The molecule has 0 atom stereocenters. The summed E-state index contributed by atoms with van der Waals surface area (Å²) in [6.07, 6.45) is 1.47. The molecule has 0 saturated heterocycles. The summed E-state index contributed by atoms with van der Waals surface area (Å²) in [4.78, 5) is 16.9. The predicted molar refractivity (Wildman–Crippen MR) is 162 cm³/mol. The molecule has 13 nitrogen and oxygen atoms in total. The van der Waals surface area contributed by atoms with Gasteiger partial charge in [0.05, 0.1) is 43.9 Å². The summed E-state index contributed by atoms with van der Waals surface area (Å²) in [6.45, 7) is -0.675. The first-order valence-electron chi connectivity index (χ1n) is 12.3. The third kappa shape index (κ3) is 7.10. The summed E-state index contributed by atoms with van der Waals surface area (Å²) in [6, 6.07) is 13.9. The number of nitrogens with one attached hydrogen (secondary N) is 2. The molecule has 0 bridgehead atoms. The minimum Gasteiger partial charge on any atom is -0.497 e. The van der Waals surface area contributed by atoms with Crippen molar-refractivity contribution < 1.29 is 40.6 Å². The fraction of sp³-hybridized carbons (Fsp3) is 0.185. The highest BCUT2D eigenvalue weighted by Crippen LogP contribution is 2.37. The number of hydrogen-bond donors (Lipinski definition) is 2. The minimum atomic E-state index is -4.40. The van der Waals surface area contributed by atoms with Gasteiger partial charge in [0.1, 0.15) is 18.0 Å². The number of carbonyl (C=O) groups is 1. The molecule has 0 saturated carbocycles. The fourth-order valence-electron chi connectivity index (χ4n) is 3.89. The number of thiazole rings is 1. The van der Waals surface area contributed by atoms with E-state index in [1.54, 1.807) is 11.4 Å². The highest BCUT2D eigenvalue weighted by molar-refractivity contribution is 7.93. The molecule has 4 aromatic rings. The van der Waals surface area contributed by atoms with Gasteiger partial charge in [0.25, 0.3) is 20.0 Å².